The first-order valence-electron chi connectivity index (χ1n) is 5.35. The van der Waals surface area contributed by atoms with Crippen LogP contribution in [0.15, 0.2) is 0 Å². The Morgan fingerprint density at radius 1 is 1.00 bits per heavy atom. The van der Waals surface area contributed by atoms with Crippen LogP contribution in [0.1, 0.15) is 13.8 Å². The van der Waals surface area contributed by atoms with Crippen LogP contribution in [0.4, 0.5) is 0 Å². The van der Waals surface area contributed by atoms with Gasteiger partial charge < -0.3 is 18.9 Å². The molecule has 1 aliphatic heterocycles. The van der Waals surface area contributed by atoms with E-state index in [1.807, 2.05) is 0 Å². The Morgan fingerprint density at radius 2 is 1.60 bits per heavy atom. The third kappa shape index (κ3) is 2.69. The maximum absolute atomic E-state index is 5.84. The fourth-order valence-electron chi connectivity index (χ4n) is 2.19. The Hall–Kier alpha value is -0.160. The van der Waals surface area contributed by atoms with Crippen LogP contribution in [0.3, 0.4) is 0 Å². The Kier molecular flexibility index (Phi) is 4.99. The van der Waals surface area contributed by atoms with E-state index in [0.29, 0.717) is 12.5 Å². The fraction of sp³-hybridized carbons (Fsp3) is 1.00. The van der Waals surface area contributed by atoms with Gasteiger partial charge in [-0.05, 0) is 6.92 Å². The number of hydrogen-bond donors (Lipinski definition) is 0. The summed E-state index contributed by atoms with van der Waals surface area (Å²) in [6, 6.07) is 0. The highest BCUT2D eigenvalue weighted by molar-refractivity contribution is 4.90. The van der Waals surface area contributed by atoms with Crippen molar-refractivity contribution in [1.29, 1.82) is 0 Å². The van der Waals surface area contributed by atoms with E-state index in [1.165, 1.54) is 0 Å². The lowest BCUT2D eigenvalue weighted by atomic mass is 9.88. The average molecular weight is 218 g/mol. The van der Waals surface area contributed by atoms with Crippen LogP contribution in [-0.4, -0.2) is 52.4 Å². The Balaban J connectivity index is 2.73. The molecule has 0 aromatic heterocycles. The van der Waals surface area contributed by atoms with Gasteiger partial charge in [-0.1, -0.05) is 6.92 Å². The molecule has 1 rings (SSSR count). The smallest absolute Gasteiger partial charge is 0.112 e. The predicted molar refractivity (Wildman–Crippen MR) is 57.0 cm³/mol. The van der Waals surface area contributed by atoms with Gasteiger partial charge in [0, 0.05) is 27.2 Å². The molecule has 5 atom stereocenters. The summed E-state index contributed by atoms with van der Waals surface area (Å²) < 4.78 is 21.9. The molecule has 0 N–H and O–H groups in total. The van der Waals surface area contributed by atoms with Crippen molar-refractivity contribution in [2.75, 3.05) is 27.9 Å². The summed E-state index contributed by atoms with van der Waals surface area (Å²) in [5, 5.41) is 0. The summed E-state index contributed by atoms with van der Waals surface area (Å²) >= 11 is 0. The van der Waals surface area contributed by atoms with E-state index in [2.05, 4.69) is 13.8 Å². The second-order valence-electron chi connectivity index (χ2n) is 4.09. The van der Waals surface area contributed by atoms with Gasteiger partial charge in [-0.25, -0.2) is 0 Å². The highest BCUT2D eigenvalue weighted by atomic mass is 16.6. The molecule has 1 saturated heterocycles. The van der Waals surface area contributed by atoms with Crippen LogP contribution in [0.5, 0.6) is 0 Å². The molecule has 0 aliphatic carbocycles. The van der Waals surface area contributed by atoms with Crippen LogP contribution in [0, 0.1) is 5.92 Å². The van der Waals surface area contributed by atoms with Gasteiger partial charge in [-0.3, -0.25) is 0 Å². The molecule has 0 spiro atoms. The van der Waals surface area contributed by atoms with Crippen molar-refractivity contribution in [2.24, 2.45) is 5.92 Å². The molecule has 4 heteroatoms. The minimum Gasteiger partial charge on any atom is -0.382 e. The third-order valence-electron chi connectivity index (χ3n) is 3.21. The minimum absolute atomic E-state index is 0.0452. The fourth-order valence-corrected chi connectivity index (χ4v) is 2.19. The largest absolute Gasteiger partial charge is 0.382 e. The topological polar surface area (TPSA) is 36.9 Å². The Labute approximate surface area is 91.8 Å². The molecule has 4 nitrogen and oxygen atoms in total. The summed E-state index contributed by atoms with van der Waals surface area (Å²) in [5.41, 5.74) is 0. The number of rotatable bonds is 4. The van der Waals surface area contributed by atoms with Crippen molar-refractivity contribution >= 4 is 0 Å². The van der Waals surface area contributed by atoms with E-state index >= 15 is 0 Å². The predicted octanol–water partition coefficient (Wildman–Crippen LogP) is 1.09. The molecule has 0 radical (unpaired) electrons. The molecular formula is C11H22O4. The van der Waals surface area contributed by atoms with Crippen molar-refractivity contribution in [3.05, 3.63) is 0 Å². The van der Waals surface area contributed by atoms with Gasteiger partial charge in [0.25, 0.3) is 0 Å². The second-order valence-corrected chi connectivity index (χ2v) is 4.09. The summed E-state index contributed by atoms with van der Waals surface area (Å²) in [6.07, 6.45) is 0.137. The molecule has 0 aromatic carbocycles. The molecule has 0 amide bonds. The zero-order valence-corrected chi connectivity index (χ0v) is 10.2. The molecular weight excluding hydrogens is 196 g/mol. The molecule has 0 aromatic rings. The average Bonchev–Trinajstić information content (AvgIpc) is 2.23. The maximum atomic E-state index is 5.84. The van der Waals surface area contributed by atoms with Gasteiger partial charge in [0.05, 0.1) is 18.8 Å². The molecule has 0 saturated carbocycles. The second kappa shape index (κ2) is 5.80. The van der Waals surface area contributed by atoms with Crippen LogP contribution in [0.25, 0.3) is 0 Å². The molecule has 5 unspecified atom stereocenters. The summed E-state index contributed by atoms with van der Waals surface area (Å²) in [7, 11) is 5.07. The maximum Gasteiger partial charge on any atom is 0.112 e. The molecule has 1 fully saturated rings. The number of methoxy groups -OCH3 is 3. The summed E-state index contributed by atoms with van der Waals surface area (Å²) in [6.45, 7) is 4.72. The van der Waals surface area contributed by atoms with E-state index in [9.17, 15) is 0 Å². The molecule has 1 aliphatic rings. The van der Waals surface area contributed by atoms with Crippen molar-refractivity contribution < 1.29 is 18.9 Å². The number of ether oxygens (including phenoxy) is 4. The standard InChI is InChI=1S/C11H22O4/c1-7-8(2)15-9(6-12-3)11(14-5)10(7)13-4/h7-11H,6H2,1-5H3. The summed E-state index contributed by atoms with van der Waals surface area (Å²) in [5.74, 6) is 0.327. The van der Waals surface area contributed by atoms with Crippen LogP contribution >= 0.6 is 0 Å². The lowest BCUT2D eigenvalue weighted by Gasteiger charge is -2.43. The highest BCUT2D eigenvalue weighted by Crippen LogP contribution is 2.29. The normalized spacial score (nSPS) is 41.8. The Morgan fingerprint density at radius 3 is 2.07 bits per heavy atom. The molecule has 0 bridgehead atoms. The SMILES string of the molecule is COCC1OC(C)C(C)C(OC)C1OC. The van der Waals surface area contributed by atoms with Crippen LogP contribution < -0.4 is 0 Å². The first-order valence-corrected chi connectivity index (χ1v) is 5.35. The third-order valence-corrected chi connectivity index (χ3v) is 3.21. The van der Waals surface area contributed by atoms with Gasteiger partial charge in [-0.2, -0.15) is 0 Å². The molecule has 90 valence electrons. The van der Waals surface area contributed by atoms with E-state index in [1.54, 1.807) is 21.3 Å². The first-order chi connectivity index (χ1) is 7.15. The Bertz CT molecular complexity index is 185. The lowest BCUT2D eigenvalue weighted by molar-refractivity contribution is -0.218. The van der Waals surface area contributed by atoms with Crippen molar-refractivity contribution in [3.8, 4) is 0 Å². The van der Waals surface area contributed by atoms with Crippen molar-refractivity contribution in [3.63, 3.8) is 0 Å². The quantitative estimate of drug-likeness (QED) is 0.707. The van der Waals surface area contributed by atoms with Gasteiger partial charge >= 0.3 is 0 Å². The van der Waals surface area contributed by atoms with Crippen LogP contribution in [0.2, 0.25) is 0 Å². The molecule has 1 heterocycles. The van der Waals surface area contributed by atoms with Gasteiger partial charge in [0.2, 0.25) is 0 Å². The van der Waals surface area contributed by atoms with E-state index in [-0.39, 0.29) is 24.4 Å². The summed E-state index contributed by atoms with van der Waals surface area (Å²) in [4.78, 5) is 0. The minimum atomic E-state index is -0.0545. The van der Waals surface area contributed by atoms with Gasteiger partial charge in [0.15, 0.2) is 0 Å². The monoisotopic (exact) mass is 218 g/mol. The zero-order chi connectivity index (χ0) is 11.4. The zero-order valence-electron chi connectivity index (χ0n) is 10.2. The first kappa shape index (κ1) is 12.9. The lowest BCUT2D eigenvalue weighted by Crippen LogP contribution is -2.55. The van der Waals surface area contributed by atoms with E-state index in [4.69, 9.17) is 18.9 Å². The van der Waals surface area contributed by atoms with Crippen molar-refractivity contribution in [1.82, 2.24) is 0 Å². The molecule has 15 heavy (non-hydrogen) atoms. The van der Waals surface area contributed by atoms with Gasteiger partial charge in [-0.15, -0.1) is 0 Å². The van der Waals surface area contributed by atoms with Crippen molar-refractivity contribution in [2.45, 2.75) is 38.3 Å². The highest BCUT2D eigenvalue weighted by Gasteiger charge is 2.42. The number of hydrogen-bond acceptors (Lipinski definition) is 4. The van der Waals surface area contributed by atoms with E-state index < -0.39 is 0 Å². The van der Waals surface area contributed by atoms with Crippen LogP contribution in [-0.2, 0) is 18.9 Å². The van der Waals surface area contributed by atoms with E-state index in [0.717, 1.165) is 0 Å². The van der Waals surface area contributed by atoms with Gasteiger partial charge in [0.1, 0.15) is 12.2 Å².